The van der Waals surface area contributed by atoms with Gasteiger partial charge in [0.1, 0.15) is 0 Å². The summed E-state index contributed by atoms with van der Waals surface area (Å²) < 4.78 is 0. The third kappa shape index (κ3) is 2.30. The molecule has 2 amide bonds. The predicted molar refractivity (Wildman–Crippen MR) is 78.4 cm³/mol. The van der Waals surface area contributed by atoms with Gasteiger partial charge in [-0.05, 0) is 24.6 Å². The lowest BCUT2D eigenvalue weighted by Crippen LogP contribution is -2.34. The highest BCUT2D eigenvalue weighted by molar-refractivity contribution is 6.26. The van der Waals surface area contributed by atoms with Gasteiger partial charge in [-0.15, -0.1) is 0 Å². The largest absolute Gasteiger partial charge is 0.481 e. The minimum absolute atomic E-state index is 0.0833. The molecule has 0 aliphatic carbocycles. The zero-order chi connectivity index (χ0) is 16.7. The van der Waals surface area contributed by atoms with Crippen molar-refractivity contribution in [3.8, 4) is 0 Å². The van der Waals surface area contributed by atoms with E-state index < -0.39 is 22.7 Å². The predicted octanol–water partition coefficient (Wildman–Crippen LogP) is 1.65. The Kier molecular flexibility index (Phi) is 3.29. The number of nitrogens with zero attached hydrogens (tertiary/aromatic N) is 1. The maximum absolute atomic E-state index is 12.0. The Morgan fingerprint density at radius 3 is 2.57 bits per heavy atom. The Morgan fingerprint density at radius 1 is 1.22 bits per heavy atom. The molecular weight excluding hydrogens is 304 g/mol. The van der Waals surface area contributed by atoms with Gasteiger partial charge in [-0.3, -0.25) is 29.8 Å². The van der Waals surface area contributed by atoms with Crippen molar-refractivity contribution in [1.82, 2.24) is 5.32 Å². The van der Waals surface area contributed by atoms with E-state index in [9.17, 15) is 24.5 Å². The minimum atomic E-state index is -1.10. The second kappa shape index (κ2) is 5.16. The van der Waals surface area contributed by atoms with Crippen LogP contribution in [0.25, 0.3) is 10.8 Å². The van der Waals surface area contributed by atoms with Crippen LogP contribution in [0.2, 0.25) is 0 Å². The van der Waals surface area contributed by atoms with Crippen molar-refractivity contribution < 1.29 is 24.4 Å². The lowest BCUT2D eigenvalue weighted by atomic mass is 9.90. The highest BCUT2D eigenvalue weighted by atomic mass is 16.6. The summed E-state index contributed by atoms with van der Waals surface area (Å²) in [5, 5.41) is 22.8. The first-order valence-electron chi connectivity index (χ1n) is 6.70. The number of aliphatic carboxylic acids is 1. The van der Waals surface area contributed by atoms with Crippen LogP contribution in [-0.2, 0) is 11.2 Å². The molecule has 8 nitrogen and oxygen atoms in total. The average Bonchev–Trinajstić information content (AvgIpc) is 2.49. The molecule has 8 heteroatoms. The second-order valence-electron chi connectivity index (χ2n) is 5.09. The molecule has 0 saturated carbocycles. The van der Waals surface area contributed by atoms with E-state index in [1.54, 1.807) is 0 Å². The summed E-state index contributed by atoms with van der Waals surface area (Å²) in [6.45, 7) is 0. The summed E-state index contributed by atoms with van der Waals surface area (Å²) >= 11 is 0. The topological polar surface area (TPSA) is 127 Å². The molecule has 0 atom stereocenters. The molecule has 0 bridgehead atoms. The molecule has 2 aromatic carbocycles. The molecule has 3 rings (SSSR count). The van der Waals surface area contributed by atoms with Crippen LogP contribution in [0.4, 0.5) is 5.69 Å². The number of nitrogens with one attached hydrogen (secondary N) is 1. The summed E-state index contributed by atoms with van der Waals surface area (Å²) in [4.78, 5) is 45.5. The molecule has 0 unspecified atom stereocenters. The molecule has 1 aliphatic heterocycles. The fourth-order valence-corrected chi connectivity index (χ4v) is 2.78. The van der Waals surface area contributed by atoms with Crippen molar-refractivity contribution in [2.45, 2.75) is 12.8 Å². The quantitative estimate of drug-likeness (QED) is 0.502. The Bertz CT molecular complexity index is 902. The zero-order valence-electron chi connectivity index (χ0n) is 11.7. The smallest absolute Gasteiger partial charge is 0.303 e. The Balaban J connectivity index is 2.36. The van der Waals surface area contributed by atoms with E-state index >= 15 is 0 Å². The van der Waals surface area contributed by atoms with Crippen molar-refractivity contribution in [1.29, 1.82) is 0 Å². The number of carbonyl (C=O) groups is 3. The lowest BCUT2D eigenvalue weighted by molar-refractivity contribution is -0.383. The van der Waals surface area contributed by atoms with Gasteiger partial charge in [0.2, 0.25) is 0 Å². The first-order valence-corrected chi connectivity index (χ1v) is 6.70. The second-order valence-corrected chi connectivity index (χ2v) is 5.09. The van der Waals surface area contributed by atoms with Crippen LogP contribution in [0.3, 0.4) is 0 Å². The lowest BCUT2D eigenvalue weighted by Gasteiger charge is -2.18. The van der Waals surface area contributed by atoms with Crippen LogP contribution < -0.4 is 5.32 Å². The molecule has 0 spiro atoms. The minimum Gasteiger partial charge on any atom is -0.481 e. The van der Waals surface area contributed by atoms with E-state index in [1.165, 1.54) is 24.3 Å². The van der Waals surface area contributed by atoms with Gasteiger partial charge in [0.15, 0.2) is 0 Å². The van der Waals surface area contributed by atoms with E-state index in [4.69, 9.17) is 5.11 Å². The fraction of sp³-hybridized carbons (Fsp3) is 0.133. The third-order valence-electron chi connectivity index (χ3n) is 3.72. The van der Waals surface area contributed by atoms with Crippen molar-refractivity contribution in [3.05, 3.63) is 51.1 Å². The number of aryl methyl sites for hydroxylation is 1. The van der Waals surface area contributed by atoms with E-state index in [0.717, 1.165) is 0 Å². The molecule has 2 aromatic rings. The average molecular weight is 314 g/mol. The molecule has 0 radical (unpaired) electrons. The number of nitro groups is 1. The standard InChI is InChI=1S/C15H10N2O6/c18-11(19)5-4-7-6-10-12-8(13(7)17(22)23)2-1-3-9(12)14(20)16-15(10)21/h1-3,6H,4-5H2,(H,18,19)(H,16,20,21). The highest BCUT2D eigenvalue weighted by Gasteiger charge is 2.30. The number of nitro benzene ring substituents is 1. The van der Waals surface area contributed by atoms with E-state index in [1.807, 2.05) is 0 Å². The van der Waals surface area contributed by atoms with Crippen LogP contribution in [0.5, 0.6) is 0 Å². The SMILES string of the molecule is O=C(O)CCc1cc2c3c(cccc3c1[N+](=O)[O-])C(=O)NC2=O. The first kappa shape index (κ1) is 14.6. The summed E-state index contributed by atoms with van der Waals surface area (Å²) in [7, 11) is 0. The Labute approximate surface area is 128 Å². The van der Waals surface area contributed by atoms with Crippen LogP contribution in [0.15, 0.2) is 24.3 Å². The number of carboxylic acid groups (broad SMARTS) is 1. The van der Waals surface area contributed by atoms with Gasteiger partial charge < -0.3 is 5.11 Å². The molecule has 0 fully saturated rings. The summed E-state index contributed by atoms with van der Waals surface area (Å²) in [6.07, 6.45) is -0.383. The number of rotatable bonds is 4. The Hall–Kier alpha value is -3.29. The van der Waals surface area contributed by atoms with E-state index in [-0.39, 0.29) is 46.0 Å². The van der Waals surface area contributed by atoms with Gasteiger partial charge in [-0.2, -0.15) is 0 Å². The molecular formula is C15H10N2O6. The fourth-order valence-electron chi connectivity index (χ4n) is 2.78. The van der Waals surface area contributed by atoms with Gasteiger partial charge in [0.25, 0.3) is 17.5 Å². The van der Waals surface area contributed by atoms with Crippen molar-refractivity contribution in [2.24, 2.45) is 0 Å². The number of hydrogen-bond acceptors (Lipinski definition) is 5. The monoisotopic (exact) mass is 314 g/mol. The Morgan fingerprint density at radius 2 is 1.91 bits per heavy atom. The van der Waals surface area contributed by atoms with E-state index in [0.29, 0.717) is 0 Å². The summed E-state index contributed by atoms with van der Waals surface area (Å²) in [5.74, 6) is -2.35. The number of imide groups is 1. The van der Waals surface area contributed by atoms with Gasteiger partial charge in [-0.1, -0.05) is 6.07 Å². The molecule has 0 saturated heterocycles. The first-order chi connectivity index (χ1) is 10.9. The third-order valence-corrected chi connectivity index (χ3v) is 3.72. The van der Waals surface area contributed by atoms with Crippen LogP contribution in [0.1, 0.15) is 32.7 Å². The maximum Gasteiger partial charge on any atom is 0.303 e. The molecule has 0 aromatic heterocycles. The number of benzene rings is 2. The molecule has 1 aliphatic rings. The van der Waals surface area contributed by atoms with Crippen molar-refractivity contribution >= 4 is 34.2 Å². The zero-order valence-corrected chi connectivity index (χ0v) is 11.7. The highest BCUT2D eigenvalue weighted by Crippen LogP contribution is 2.36. The van der Waals surface area contributed by atoms with Gasteiger partial charge in [0, 0.05) is 28.5 Å². The van der Waals surface area contributed by atoms with Gasteiger partial charge in [-0.25, -0.2) is 0 Å². The van der Waals surface area contributed by atoms with Crippen LogP contribution >= 0.6 is 0 Å². The number of carbonyl (C=O) groups excluding carboxylic acids is 2. The number of carboxylic acids is 1. The molecule has 1 heterocycles. The summed E-state index contributed by atoms with van der Waals surface area (Å²) in [6, 6.07) is 5.73. The van der Waals surface area contributed by atoms with Crippen LogP contribution in [-0.4, -0.2) is 27.8 Å². The maximum atomic E-state index is 12.0. The molecule has 116 valence electrons. The number of amides is 2. The van der Waals surface area contributed by atoms with Crippen LogP contribution in [0, 0.1) is 10.1 Å². The number of hydrogen-bond donors (Lipinski definition) is 2. The van der Waals surface area contributed by atoms with E-state index in [2.05, 4.69) is 5.32 Å². The summed E-state index contributed by atoms with van der Waals surface area (Å²) in [5.41, 5.74) is 0.210. The van der Waals surface area contributed by atoms with Crippen molar-refractivity contribution in [2.75, 3.05) is 0 Å². The molecule has 2 N–H and O–H groups in total. The molecule has 23 heavy (non-hydrogen) atoms. The van der Waals surface area contributed by atoms with Gasteiger partial charge in [0.05, 0.1) is 10.3 Å². The normalized spacial score (nSPS) is 13.0. The van der Waals surface area contributed by atoms with Crippen molar-refractivity contribution in [3.63, 3.8) is 0 Å². The van der Waals surface area contributed by atoms with Gasteiger partial charge >= 0.3 is 5.97 Å².